The van der Waals surface area contributed by atoms with Crippen LogP contribution in [0.15, 0.2) is 71.7 Å². The van der Waals surface area contributed by atoms with Gasteiger partial charge in [-0.1, -0.05) is 65.9 Å². The molecule has 0 amide bonds. The van der Waals surface area contributed by atoms with Crippen LogP contribution >= 0.6 is 11.3 Å². The van der Waals surface area contributed by atoms with Crippen LogP contribution < -0.4 is 26.4 Å². The fourth-order valence-corrected chi connectivity index (χ4v) is 8.95. The van der Waals surface area contributed by atoms with Crippen LogP contribution in [0.3, 0.4) is 0 Å². The monoisotopic (exact) mass is 979 g/mol. The van der Waals surface area contributed by atoms with Gasteiger partial charge in [0.15, 0.2) is 82.5 Å². The highest BCUT2D eigenvalue weighted by molar-refractivity contribution is 7.20. The van der Waals surface area contributed by atoms with Crippen molar-refractivity contribution in [2.45, 2.75) is 6.54 Å². The lowest BCUT2D eigenvalue weighted by molar-refractivity contribution is -0.683. The number of aromatic nitrogens is 1. The van der Waals surface area contributed by atoms with Crippen LogP contribution in [0.4, 0.5) is 87.8 Å². The number of benzene rings is 8. The van der Waals surface area contributed by atoms with Crippen molar-refractivity contribution in [2.24, 2.45) is 0 Å². The molecule has 0 aliphatic carbocycles. The molecule has 9 aromatic rings. The molecule has 0 N–H and O–H groups in total. The Kier molecular flexibility index (Phi) is 11.7. The van der Waals surface area contributed by atoms with Crippen molar-refractivity contribution in [1.82, 2.24) is 0 Å². The van der Waals surface area contributed by atoms with Gasteiger partial charge >= 0.3 is 0 Å². The lowest BCUT2D eigenvalue weighted by Gasteiger charge is -2.44. The molecule has 8 aromatic carbocycles. The second kappa shape index (κ2) is 16.8. The Labute approximate surface area is 363 Å². The van der Waals surface area contributed by atoms with Gasteiger partial charge in [-0.2, -0.15) is 4.57 Å². The molecule has 9 rings (SSSR count). The molecule has 0 bridgehead atoms. The standard InChI is InChI=1S/C24BF20.C20H14NS/c26-5-1(6(27)14(35)21(42)13(5)34)25(2-7(28)15(36)22(43)16(37)8(2)29,3-9(30)17(38)23(44)18(39)10(3)31)4-11(32)19(40)24(45)20(41)12(4)33;1-2-14-4-5-16-6-7-17(12-21-10-11-22-13-21)18-9-8-15(3-1)19(14)20(16)18/h;1-11,13H,12H2/q-1;+1. The zero-order valence-corrected chi connectivity index (χ0v) is 32.9. The lowest BCUT2D eigenvalue weighted by atomic mass is 9.12. The quantitative estimate of drug-likeness (QED) is 0.0390. The molecule has 0 unspecified atom stereocenters. The maximum absolute atomic E-state index is 15.4. The number of nitrogens with zero attached hydrogens (tertiary/aromatic N) is 1. The van der Waals surface area contributed by atoms with Crippen LogP contribution in [-0.4, -0.2) is 6.15 Å². The maximum atomic E-state index is 15.4. The van der Waals surface area contributed by atoms with Gasteiger partial charge in [0.1, 0.15) is 52.7 Å². The Bertz CT molecular complexity index is 3110. The van der Waals surface area contributed by atoms with E-state index in [-0.39, 0.29) is 0 Å². The fourth-order valence-electron chi connectivity index (χ4n) is 8.36. The molecule has 0 atom stereocenters. The van der Waals surface area contributed by atoms with Crippen molar-refractivity contribution in [3.05, 3.63) is 194 Å². The second-order valence-corrected chi connectivity index (χ2v) is 15.3. The van der Waals surface area contributed by atoms with Crippen molar-refractivity contribution >= 4 is 71.7 Å². The van der Waals surface area contributed by atoms with Crippen LogP contribution in [0, 0.1) is 116 Å². The summed E-state index contributed by atoms with van der Waals surface area (Å²) >= 11 is 1.74. The third-order valence-corrected chi connectivity index (χ3v) is 11.9. The molecule has 0 saturated carbocycles. The van der Waals surface area contributed by atoms with Crippen LogP contribution in [-0.2, 0) is 6.54 Å². The largest absolute Gasteiger partial charge is 0.224 e. The molecule has 0 aliphatic rings. The predicted molar refractivity (Wildman–Crippen MR) is 203 cm³/mol. The first-order valence-corrected chi connectivity index (χ1v) is 19.3. The van der Waals surface area contributed by atoms with Gasteiger partial charge in [-0.25, -0.2) is 87.8 Å². The molecule has 1 nitrogen and oxygen atoms in total. The van der Waals surface area contributed by atoms with Crippen LogP contribution in [0.2, 0.25) is 0 Å². The van der Waals surface area contributed by atoms with Crippen molar-refractivity contribution in [3.63, 3.8) is 0 Å². The highest BCUT2D eigenvalue weighted by atomic mass is 32.1. The SMILES string of the molecule is Fc1c(F)c(F)c([B-](c2c(F)c(F)c(F)c(F)c2F)(c2c(F)c(F)c(F)c(F)c2F)c2c(F)c(F)c(F)c(F)c2F)c(F)c1F.c1cc2ccc3ccc(C[n+]4ccsc4)c4ccc(c1)c2c34. The summed E-state index contributed by atoms with van der Waals surface area (Å²) in [5.74, 6) is -71.4. The molecule has 23 heteroatoms. The number of rotatable bonds is 6. The Balaban J connectivity index is 0.000000227. The Hall–Kier alpha value is -6.91. The first-order valence-electron chi connectivity index (χ1n) is 18.4. The summed E-state index contributed by atoms with van der Waals surface area (Å²) in [5, 5.41) is 10.3. The van der Waals surface area contributed by atoms with E-state index in [1.54, 1.807) is 11.3 Å². The average Bonchev–Trinajstić information content (AvgIpc) is 3.84. The number of thiazole rings is 1. The van der Waals surface area contributed by atoms with Crippen LogP contribution in [0.1, 0.15) is 5.56 Å². The maximum Gasteiger partial charge on any atom is 0.224 e. The molecule has 1 heterocycles. The first-order chi connectivity index (χ1) is 31.6. The first kappa shape index (κ1) is 46.6. The van der Waals surface area contributed by atoms with Gasteiger partial charge in [-0.15, -0.1) is 21.9 Å². The van der Waals surface area contributed by atoms with E-state index in [4.69, 9.17) is 0 Å². The smallest absolute Gasteiger partial charge is 0.207 e. The van der Waals surface area contributed by atoms with Crippen LogP contribution in [0.5, 0.6) is 0 Å². The summed E-state index contributed by atoms with van der Waals surface area (Å²) < 4.78 is 296. The Morgan fingerprint density at radius 2 is 0.642 bits per heavy atom. The second-order valence-electron chi connectivity index (χ2n) is 14.6. The average molecular weight is 979 g/mol. The molecule has 0 radical (unpaired) electrons. The van der Waals surface area contributed by atoms with E-state index in [9.17, 15) is 52.7 Å². The van der Waals surface area contributed by atoms with E-state index in [1.807, 2.05) is 0 Å². The van der Waals surface area contributed by atoms with Crippen molar-refractivity contribution < 1.29 is 92.4 Å². The number of hydrogen-bond donors (Lipinski definition) is 0. The summed E-state index contributed by atoms with van der Waals surface area (Å²) in [6.07, 6.45) is -5.08. The summed E-state index contributed by atoms with van der Waals surface area (Å²) in [7, 11) is 0. The molecule has 67 heavy (non-hydrogen) atoms. The van der Waals surface area contributed by atoms with E-state index >= 15 is 35.1 Å². The molecule has 0 spiro atoms. The fraction of sp³-hybridized carbons (Fsp3) is 0.0227. The van der Waals surface area contributed by atoms with E-state index in [1.165, 1.54) is 37.9 Å². The summed E-state index contributed by atoms with van der Waals surface area (Å²) in [4.78, 5) is 0. The summed E-state index contributed by atoms with van der Waals surface area (Å²) in [6.45, 7) is 0.928. The van der Waals surface area contributed by atoms with Crippen molar-refractivity contribution in [2.75, 3.05) is 0 Å². The minimum absolute atomic E-state index is 0.928. The van der Waals surface area contributed by atoms with Gasteiger partial charge in [0, 0.05) is 5.56 Å². The molecular formula is C44H14BF20NS. The molecule has 0 saturated heterocycles. The lowest BCUT2D eigenvalue weighted by Crippen LogP contribution is -2.81. The minimum atomic E-state index is -7.22. The Morgan fingerprint density at radius 1 is 0.343 bits per heavy atom. The van der Waals surface area contributed by atoms with Gasteiger partial charge < -0.3 is 0 Å². The van der Waals surface area contributed by atoms with E-state index < -0.39 is 144 Å². The van der Waals surface area contributed by atoms with Crippen LogP contribution in [0.25, 0.3) is 32.3 Å². The summed E-state index contributed by atoms with van der Waals surface area (Å²) in [6, 6.07) is 20.1. The molecule has 1 aromatic heterocycles. The summed E-state index contributed by atoms with van der Waals surface area (Å²) in [5.41, 5.74) is -10.8. The normalized spacial score (nSPS) is 11.9. The number of hydrogen-bond acceptors (Lipinski definition) is 1. The van der Waals surface area contributed by atoms with Crippen molar-refractivity contribution in [1.29, 1.82) is 0 Å². The highest BCUT2D eigenvalue weighted by Gasteiger charge is 2.52. The van der Waals surface area contributed by atoms with Crippen molar-refractivity contribution in [3.8, 4) is 0 Å². The zero-order valence-electron chi connectivity index (χ0n) is 32.1. The zero-order chi connectivity index (χ0) is 48.9. The van der Waals surface area contributed by atoms with E-state index in [0.29, 0.717) is 0 Å². The molecular weight excluding hydrogens is 965 g/mol. The highest BCUT2D eigenvalue weighted by Crippen LogP contribution is 2.36. The van der Waals surface area contributed by atoms with Gasteiger partial charge in [0.25, 0.3) is 0 Å². The van der Waals surface area contributed by atoms with E-state index in [0.717, 1.165) is 6.54 Å². The van der Waals surface area contributed by atoms with E-state index in [2.05, 4.69) is 76.3 Å². The molecule has 0 aliphatic heterocycles. The van der Waals surface area contributed by atoms with Gasteiger partial charge in [0.05, 0.1) is 5.38 Å². The topological polar surface area (TPSA) is 3.88 Å². The Morgan fingerprint density at radius 3 is 0.970 bits per heavy atom. The molecule has 344 valence electrons. The van der Waals surface area contributed by atoms with Gasteiger partial charge in [-0.3, -0.25) is 0 Å². The number of halogens is 20. The third-order valence-electron chi connectivity index (χ3n) is 11.2. The minimum Gasteiger partial charge on any atom is -0.207 e. The predicted octanol–water partition coefficient (Wildman–Crippen LogP) is 10.8. The van der Waals surface area contributed by atoms with Gasteiger partial charge in [0.2, 0.25) is 5.51 Å². The van der Waals surface area contributed by atoms with Gasteiger partial charge in [-0.05, 0) is 32.3 Å². The third kappa shape index (κ3) is 6.74. The molecule has 0 fully saturated rings.